The molecule has 2 fully saturated rings. The molecule has 26 heavy (non-hydrogen) atoms. The van der Waals surface area contributed by atoms with Gasteiger partial charge >= 0.3 is 6.18 Å². The number of fused-ring (bicyclic) bond motifs is 1. The van der Waals surface area contributed by atoms with Crippen LogP contribution in [0, 0.1) is 11.8 Å². The van der Waals surface area contributed by atoms with E-state index in [2.05, 4.69) is 0 Å². The highest BCUT2D eigenvalue weighted by atomic mass is 32.2. The molecule has 0 spiro atoms. The number of carbonyl (C=O) groups excluding carboxylic acids is 1. The van der Waals surface area contributed by atoms with Crippen molar-refractivity contribution in [1.29, 1.82) is 0 Å². The normalized spacial score (nSPS) is 26.7. The molecule has 6 nitrogen and oxygen atoms in total. The SMILES string of the molecule is NC1CCC2CN(S(=O)(=O)c3ccc(C(=O)NCC(F)(F)F)cc3)CC12. The molecule has 1 saturated carbocycles. The van der Waals surface area contributed by atoms with E-state index in [1.807, 2.05) is 0 Å². The Morgan fingerprint density at radius 3 is 2.42 bits per heavy atom. The second kappa shape index (κ2) is 6.82. The average molecular weight is 391 g/mol. The van der Waals surface area contributed by atoms with Gasteiger partial charge in [-0.05, 0) is 48.9 Å². The summed E-state index contributed by atoms with van der Waals surface area (Å²) in [5.74, 6) is -0.475. The van der Waals surface area contributed by atoms with E-state index in [-0.39, 0.29) is 28.3 Å². The maximum Gasteiger partial charge on any atom is 0.405 e. The molecule has 3 N–H and O–H groups in total. The summed E-state index contributed by atoms with van der Waals surface area (Å²) in [5.41, 5.74) is 6.00. The molecule has 10 heteroatoms. The Hall–Kier alpha value is -1.65. The summed E-state index contributed by atoms with van der Waals surface area (Å²) in [5, 5.41) is 1.75. The first-order valence-electron chi connectivity index (χ1n) is 8.29. The van der Waals surface area contributed by atoms with Gasteiger partial charge in [0.25, 0.3) is 5.91 Å². The van der Waals surface area contributed by atoms with Crippen LogP contribution in [0.3, 0.4) is 0 Å². The molecule has 1 heterocycles. The van der Waals surface area contributed by atoms with Gasteiger partial charge in [0.2, 0.25) is 10.0 Å². The van der Waals surface area contributed by atoms with Crippen LogP contribution < -0.4 is 11.1 Å². The van der Waals surface area contributed by atoms with Crippen molar-refractivity contribution in [2.24, 2.45) is 17.6 Å². The topological polar surface area (TPSA) is 92.5 Å². The lowest BCUT2D eigenvalue weighted by Gasteiger charge is -2.18. The Balaban J connectivity index is 1.69. The minimum Gasteiger partial charge on any atom is -0.343 e. The van der Waals surface area contributed by atoms with Gasteiger partial charge in [0.15, 0.2) is 0 Å². The number of benzene rings is 1. The van der Waals surface area contributed by atoms with Crippen LogP contribution in [0.15, 0.2) is 29.2 Å². The molecule has 144 valence electrons. The quantitative estimate of drug-likeness (QED) is 0.810. The van der Waals surface area contributed by atoms with Crippen molar-refractivity contribution in [2.45, 2.75) is 30.0 Å². The third kappa shape index (κ3) is 3.86. The van der Waals surface area contributed by atoms with Crippen molar-refractivity contribution >= 4 is 15.9 Å². The van der Waals surface area contributed by atoms with Crippen LogP contribution in [0.4, 0.5) is 13.2 Å². The molecule has 0 radical (unpaired) electrons. The predicted molar refractivity (Wildman–Crippen MR) is 87.8 cm³/mol. The van der Waals surface area contributed by atoms with Crippen molar-refractivity contribution in [2.75, 3.05) is 19.6 Å². The largest absolute Gasteiger partial charge is 0.405 e. The molecular formula is C16H20F3N3O3S. The molecule has 0 bridgehead atoms. The lowest BCUT2D eigenvalue weighted by molar-refractivity contribution is -0.123. The molecule has 1 aliphatic carbocycles. The van der Waals surface area contributed by atoms with Gasteiger partial charge in [-0.3, -0.25) is 4.79 Å². The van der Waals surface area contributed by atoms with Gasteiger partial charge in [0.05, 0.1) is 4.90 Å². The number of nitrogens with two attached hydrogens (primary N) is 1. The number of hydrogen-bond acceptors (Lipinski definition) is 4. The Bertz CT molecular complexity index is 780. The fourth-order valence-electron chi connectivity index (χ4n) is 3.67. The zero-order valence-electron chi connectivity index (χ0n) is 13.9. The number of nitrogens with zero attached hydrogens (tertiary/aromatic N) is 1. The molecule has 1 aromatic carbocycles. The van der Waals surface area contributed by atoms with Crippen molar-refractivity contribution < 1.29 is 26.4 Å². The van der Waals surface area contributed by atoms with Gasteiger partial charge in [-0.1, -0.05) is 0 Å². The van der Waals surface area contributed by atoms with Gasteiger partial charge in [-0.25, -0.2) is 8.42 Å². The molecular weight excluding hydrogens is 371 g/mol. The maximum atomic E-state index is 12.7. The molecule has 1 saturated heterocycles. The van der Waals surface area contributed by atoms with E-state index in [0.29, 0.717) is 13.1 Å². The number of carbonyl (C=O) groups is 1. The minimum absolute atomic E-state index is 0.0124. The van der Waals surface area contributed by atoms with E-state index in [0.717, 1.165) is 12.8 Å². The van der Waals surface area contributed by atoms with Crippen molar-refractivity contribution in [3.8, 4) is 0 Å². The van der Waals surface area contributed by atoms with E-state index in [1.165, 1.54) is 28.6 Å². The zero-order valence-corrected chi connectivity index (χ0v) is 14.7. The predicted octanol–water partition coefficient (Wildman–Crippen LogP) is 1.34. The van der Waals surface area contributed by atoms with Crippen molar-refractivity contribution in [3.63, 3.8) is 0 Å². The summed E-state index contributed by atoms with van der Waals surface area (Å²) in [6.07, 6.45) is -2.69. The number of halogens is 3. The summed E-state index contributed by atoms with van der Waals surface area (Å²) in [4.78, 5) is 11.7. The lowest BCUT2D eigenvalue weighted by Crippen LogP contribution is -2.34. The highest BCUT2D eigenvalue weighted by Crippen LogP contribution is 2.39. The highest BCUT2D eigenvalue weighted by molar-refractivity contribution is 7.89. The van der Waals surface area contributed by atoms with Crippen molar-refractivity contribution in [3.05, 3.63) is 29.8 Å². The third-order valence-corrected chi connectivity index (χ3v) is 6.93. The summed E-state index contributed by atoms with van der Waals surface area (Å²) in [7, 11) is -3.72. The fraction of sp³-hybridized carbons (Fsp3) is 0.562. The van der Waals surface area contributed by atoms with Crippen LogP contribution in [-0.2, 0) is 10.0 Å². The highest BCUT2D eigenvalue weighted by Gasteiger charge is 2.45. The van der Waals surface area contributed by atoms with E-state index in [9.17, 15) is 26.4 Å². The van der Waals surface area contributed by atoms with Crippen molar-refractivity contribution in [1.82, 2.24) is 9.62 Å². The Labute approximate surface area is 149 Å². The van der Waals surface area contributed by atoms with Crippen LogP contribution in [0.1, 0.15) is 23.2 Å². The second-order valence-electron chi connectivity index (χ2n) is 6.81. The standard InChI is InChI=1S/C16H20F3N3O3S/c17-16(18,19)9-21-15(23)10-1-4-12(5-2-10)26(24,25)22-7-11-3-6-14(20)13(11)8-22/h1-2,4-5,11,13-14H,3,6-9,20H2,(H,21,23). The van der Waals surface area contributed by atoms with E-state index >= 15 is 0 Å². The number of alkyl halides is 3. The first-order chi connectivity index (χ1) is 12.1. The van der Waals surface area contributed by atoms with Gasteiger partial charge in [-0.2, -0.15) is 17.5 Å². The first-order valence-corrected chi connectivity index (χ1v) is 9.73. The number of rotatable bonds is 4. The maximum absolute atomic E-state index is 12.7. The van der Waals surface area contributed by atoms with Gasteiger partial charge in [0, 0.05) is 24.7 Å². The summed E-state index contributed by atoms with van der Waals surface area (Å²) >= 11 is 0. The molecule has 3 unspecified atom stereocenters. The molecule has 3 atom stereocenters. The van der Waals surface area contributed by atoms with Crippen LogP contribution in [-0.4, -0.2) is 50.5 Å². The first kappa shape index (κ1) is 19.1. The van der Waals surface area contributed by atoms with Gasteiger partial charge < -0.3 is 11.1 Å². The molecule has 1 aromatic rings. The van der Waals surface area contributed by atoms with Crippen LogP contribution in [0.2, 0.25) is 0 Å². The number of hydrogen-bond donors (Lipinski definition) is 2. The van der Waals surface area contributed by atoms with Crippen LogP contribution >= 0.6 is 0 Å². The molecule has 1 amide bonds. The van der Waals surface area contributed by atoms with Crippen LogP contribution in [0.25, 0.3) is 0 Å². The Kier molecular flexibility index (Phi) is 5.02. The van der Waals surface area contributed by atoms with E-state index in [1.54, 1.807) is 5.32 Å². The van der Waals surface area contributed by atoms with Crippen LogP contribution in [0.5, 0.6) is 0 Å². The Morgan fingerprint density at radius 1 is 1.19 bits per heavy atom. The number of amides is 1. The third-order valence-electron chi connectivity index (χ3n) is 5.08. The van der Waals surface area contributed by atoms with Gasteiger partial charge in [0.1, 0.15) is 6.54 Å². The smallest absolute Gasteiger partial charge is 0.343 e. The molecule has 2 aliphatic rings. The average Bonchev–Trinajstić information content (AvgIpc) is 3.15. The fourth-order valence-corrected chi connectivity index (χ4v) is 5.21. The summed E-state index contributed by atoms with van der Waals surface area (Å²) in [6, 6.07) is 4.92. The molecule has 0 aromatic heterocycles. The second-order valence-corrected chi connectivity index (χ2v) is 8.75. The monoisotopic (exact) mass is 391 g/mol. The van der Waals surface area contributed by atoms with E-state index in [4.69, 9.17) is 5.73 Å². The summed E-state index contributed by atoms with van der Waals surface area (Å²) in [6.45, 7) is -0.640. The minimum atomic E-state index is -4.51. The number of sulfonamides is 1. The molecule has 3 rings (SSSR count). The van der Waals surface area contributed by atoms with E-state index < -0.39 is 28.7 Å². The Morgan fingerprint density at radius 2 is 1.85 bits per heavy atom. The zero-order chi connectivity index (χ0) is 19.1. The summed E-state index contributed by atoms with van der Waals surface area (Å²) < 4.78 is 63.3. The number of nitrogens with one attached hydrogen (secondary N) is 1. The van der Waals surface area contributed by atoms with Gasteiger partial charge in [-0.15, -0.1) is 0 Å². The lowest BCUT2D eigenvalue weighted by atomic mass is 9.98. The molecule has 1 aliphatic heterocycles.